The maximum absolute atomic E-state index is 14.3. The number of hydrogen-bond donors (Lipinski definition) is 5. The summed E-state index contributed by atoms with van der Waals surface area (Å²) < 4.78 is 18.5. The second kappa shape index (κ2) is 9.97. The molecule has 2 heterocycles. The lowest BCUT2D eigenvalue weighted by Gasteiger charge is -2.53. The first kappa shape index (κ1) is 29.6. The Bertz CT molecular complexity index is 1580. The van der Waals surface area contributed by atoms with Gasteiger partial charge in [0.2, 0.25) is 12.1 Å². The summed E-state index contributed by atoms with van der Waals surface area (Å²) in [6, 6.07) is 1.99. The van der Waals surface area contributed by atoms with Crippen LogP contribution in [0.4, 0.5) is 0 Å². The average molecular weight is 610 g/mol. The monoisotopic (exact) mass is 609 g/mol. The lowest BCUT2D eigenvalue weighted by atomic mass is 9.72. The Balaban J connectivity index is 1.37. The molecular formula is C33H39NO10. The molecule has 7 atom stereocenters. The number of ether oxygens (including phenoxy) is 3. The quantitative estimate of drug-likeness (QED) is 0.296. The number of likely N-dealkylation sites (N-methyl/N-ethyl adjacent to an activating group) is 1. The van der Waals surface area contributed by atoms with Crippen molar-refractivity contribution in [2.45, 2.75) is 107 Å². The zero-order valence-corrected chi connectivity index (χ0v) is 25.3. The second-order valence-corrected chi connectivity index (χ2v) is 13.8. The van der Waals surface area contributed by atoms with Gasteiger partial charge >= 0.3 is 0 Å². The van der Waals surface area contributed by atoms with Gasteiger partial charge in [-0.2, -0.15) is 0 Å². The van der Waals surface area contributed by atoms with Crippen LogP contribution in [0.15, 0.2) is 12.1 Å². The van der Waals surface area contributed by atoms with Crippen molar-refractivity contribution in [3.8, 4) is 17.2 Å². The molecule has 3 aliphatic carbocycles. The molecule has 5 N–H and O–H groups in total. The maximum Gasteiger partial charge on any atom is 0.228 e. The van der Waals surface area contributed by atoms with Crippen LogP contribution in [0.5, 0.6) is 17.2 Å². The van der Waals surface area contributed by atoms with Crippen molar-refractivity contribution in [3.63, 3.8) is 0 Å². The molecule has 2 aromatic rings. The van der Waals surface area contributed by atoms with Crippen LogP contribution in [-0.4, -0.2) is 92.3 Å². The number of benzene rings is 2. The van der Waals surface area contributed by atoms with Crippen molar-refractivity contribution < 1.29 is 49.3 Å². The van der Waals surface area contributed by atoms with E-state index in [2.05, 4.69) is 0 Å². The second-order valence-electron chi connectivity index (χ2n) is 13.8. The number of ketones is 2. The molecule has 11 heteroatoms. The molecule has 44 heavy (non-hydrogen) atoms. The molecule has 2 bridgehead atoms. The summed E-state index contributed by atoms with van der Waals surface area (Å²) in [6.07, 6.45) is 0.683. The lowest BCUT2D eigenvalue weighted by Crippen LogP contribution is -2.68. The fourth-order valence-electron chi connectivity index (χ4n) is 8.11. The smallest absolute Gasteiger partial charge is 0.228 e. The molecule has 0 spiro atoms. The summed E-state index contributed by atoms with van der Waals surface area (Å²) in [7, 11) is 3.39. The van der Waals surface area contributed by atoms with Crippen molar-refractivity contribution in [2.24, 2.45) is 0 Å². The van der Waals surface area contributed by atoms with E-state index < -0.39 is 59.2 Å². The van der Waals surface area contributed by atoms with Crippen LogP contribution in [0.25, 0.3) is 0 Å². The van der Waals surface area contributed by atoms with Gasteiger partial charge in [0.1, 0.15) is 35.1 Å². The van der Waals surface area contributed by atoms with Gasteiger partial charge in [0, 0.05) is 29.5 Å². The number of carbonyl (C=O) groups excluding carboxylic acids is 2. The summed E-state index contributed by atoms with van der Waals surface area (Å²) in [5.41, 5.74) is -2.50. The van der Waals surface area contributed by atoms with Crippen molar-refractivity contribution in [1.82, 2.24) is 4.90 Å². The Morgan fingerprint density at radius 1 is 0.977 bits per heavy atom. The highest BCUT2D eigenvalue weighted by molar-refractivity contribution is 6.31. The molecule has 2 aromatic carbocycles. The number of phenolic OH excluding ortho intramolecular Hbond substituents is 2. The number of hydrogen-bond acceptors (Lipinski definition) is 11. The minimum Gasteiger partial charge on any atom is -0.507 e. The van der Waals surface area contributed by atoms with Gasteiger partial charge in [-0.25, -0.2) is 0 Å². The van der Waals surface area contributed by atoms with E-state index in [9.17, 15) is 35.1 Å². The topological polar surface area (TPSA) is 166 Å². The van der Waals surface area contributed by atoms with Crippen LogP contribution in [0.2, 0.25) is 0 Å². The highest BCUT2D eigenvalue weighted by Crippen LogP contribution is 2.54. The van der Waals surface area contributed by atoms with Crippen LogP contribution >= 0.6 is 0 Å². The number of phenols is 2. The third-order valence-electron chi connectivity index (χ3n) is 10.3. The van der Waals surface area contributed by atoms with Crippen LogP contribution < -0.4 is 4.74 Å². The number of aliphatic hydroxyl groups is 3. The molecule has 0 aromatic heterocycles. The maximum atomic E-state index is 14.3. The summed E-state index contributed by atoms with van der Waals surface area (Å²) in [5.74, 6) is -2.42. The fourth-order valence-corrected chi connectivity index (χ4v) is 8.11. The SMILES string of the molecule is CN(C)C1C(O)C2Oc3c(cc(O)c4c3C(=O)c3cc5c(c(O)c3C4=O)C(OC3CCCCC3)CC(C)(O)C5)C(C)(O2)C1O. The Morgan fingerprint density at radius 3 is 2.36 bits per heavy atom. The fraction of sp³-hybridized carbons (Fsp3) is 0.576. The molecule has 0 radical (unpaired) electrons. The molecule has 11 nitrogen and oxygen atoms in total. The summed E-state index contributed by atoms with van der Waals surface area (Å²) in [4.78, 5) is 30.1. The lowest BCUT2D eigenvalue weighted by molar-refractivity contribution is -0.311. The highest BCUT2D eigenvalue weighted by atomic mass is 16.7. The molecule has 2 aliphatic heterocycles. The Labute approximate surface area is 255 Å². The third kappa shape index (κ3) is 4.17. The van der Waals surface area contributed by atoms with E-state index >= 15 is 0 Å². The van der Waals surface area contributed by atoms with Gasteiger partial charge in [0.15, 0.2) is 5.78 Å². The van der Waals surface area contributed by atoms with Crippen molar-refractivity contribution in [2.75, 3.05) is 14.1 Å². The van der Waals surface area contributed by atoms with Gasteiger partial charge in [-0.1, -0.05) is 19.3 Å². The zero-order valence-electron chi connectivity index (χ0n) is 25.3. The normalized spacial score (nSPS) is 34.6. The summed E-state index contributed by atoms with van der Waals surface area (Å²) >= 11 is 0. The van der Waals surface area contributed by atoms with E-state index in [1.165, 1.54) is 12.1 Å². The molecule has 5 aliphatic rings. The minimum absolute atomic E-state index is 0.0439. The summed E-state index contributed by atoms with van der Waals surface area (Å²) in [6.45, 7) is 3.27. The zero-order chi connectivity index (χ0) is 31.5. The predicted octanol–water partition coefficient (Wildman–Crippen LogP) is 2.58. The largest absolute Gasteiger partial charge is 0.507 e. The molecule has 1 saturated carbocycles. The van der Waals surface area contributed by atoms with Gasteiger partial charge in [-0.15, -0.1) is 0 Å². The van der Waals surface area contributed by atoms with Crippen molar-refractivity contribution in [1.29, 1.82) is 0 Å². The average Bonchev–Trinajstić information content (AvgIpc) is 2.94. The van der Waals surface area contributed by atoms with Crippen molar-refractivity contribution >= 4 is 11.6 Å². The van der Waals surface area contributed by atoms with Crippen LogP contribution in [0.1, 0.15) is 107 Å². The van der Waals surface area contributed by atoms with E-state index in [-0.39, 0.29) is 58.3 Å². The van der Waals surface area contributed by atoms with E-state index in [1.807, 2.05) is 0 Å². The number of carbonyl (C=O) groups is 2. The van der Waals surface area contributed by atoms with Gasteiger partial charge in [-0.3, -0.25) is 9.59 Å². The minimum atomic E-state index is -1.50. The molecule has 236 valence electrons. The molecule has 2 fully saturated rings. The Morgan fingerprint density at radius 2 is 1.68 bits per heavy atom. The standard InChI is InChI=1S/C33H39NO10/c1-32(41)12-14-10-16-21(26(37)20(14)19(13-32)42-15-8-6-5-7-9-15)27(38)22-18(35)11-17-29(23(22)25(16)36)43-31-28(39)24(34(3)4)30(40)33(17,2)44-31/h10-11,15,19,24,28,30-31,35,37,39-41H,5-9,12-13H2,1-4H3. The first-order valence-corrected chi connectivity index (χ1v) is 15.4. The van der Waals surface area contributed by atoms with Crippen LogP contribution in [0.3, 0.4) is 0 Å². The predicted molar refractivity (Wildman–Crippen MR) is 155 cm³/mol. The van der Waals surface area contributed by atoms with Crippen molar-refractivity contribution in [3.05, 3.63) is 51.1 Å². The van der Waals surface area contributed by atoms with Crippen LogP contribution in [0, 0.1) is 0 Å². The van der Waals surface area contributed by atoms with Gasteiger partial charge in [-0.05, 0) is 58.5 Å². The highest BCUT2D eigenvalue weighted by Gasteiger charge is 2.59. The number of aromatic hydroxyl groups is 2. The first-order chi connectivity index (χ1) is 20.7. The van der Waals surface area contributed by atoms with E-state index in [4.69, 9.17) is 14.2 Å². The van der Waals surface area contributed by atoms with E-state index in [1.54, 1.807) is 32.8 Å². The summed E-state index contributed by atoms with van der Waals surface area (Å²) in [5, 5.41) is 56.5. The molecule has 0 amide bonds. The van der Waals surface area contributed by atoms with Gasteiger partial charge < -0.3 is 44.6 Å². The third-order valence-corrected chi connectivity index (χ3v) is 10.3. The van der Waals surface area contributed by atoms with Gasteiger partial charge in [0.25, 0.3) is 0 Å². The van der Waals surface area contributed by atoms with E-state index in [0.29, 0.717) is 11.1 Å². The number of fused-ring (bicyclic) bond motifs is 8. The molecule has 7 rings (SSSR count). The molecule has 1 saturated heterocycles. The number of rotatable bonds is 3. The number of nitrogens with zero attached hydrogens (tertiary/aromatic N) is 1. The molecular weight excluding hydrogens is 570 g/mol. The van der Waals surface area contributed by atoms with E-state index in [0.717, 1.165) is 32.1 Å². The Kier molecular flexibility index (Phi) is 6.72. The molecule has 7 unspecified atom stereocenters. The Hall–Kier alpha value is -3.06. The number of aliphatic hydroxyl groups excluding tert-OH is 2. The first-order valence-electron chi connectivity index (χ1n) is 15.4. The van der Waals surface area contributed by atoms with Gasteiger partial charge in [0.05, 0.1) is 40.5 Å². The van der Waals surface area contributed by atoms with Crippen LogP contribution in [-0.2, 0) is 21.5 Å².